The Balaban J connectivity index is 1.66. The summed E-state index contributed by atoms with van der Waals surface area (Å²) in [6.45, 7) is 2.36. The number of nitrogens with one attached hydrogen (secondary N) is 1. The Morgan fingerprint density at radius 1 is 1.29 bits per heavy atom. The van der Waals surface area contributed by atoms with Crippen LogP contribution in [0.1, 0.15) is 56.3 Å². The van der Waals surface area contributed by atoms with Crippen molar-refractivity contribution >= 4 is 0 Å². The maximum absolute atomic E-state index is 4.56. The minimum Gasteiger partial charge on any atom is -0.306 e. The maximum Gasteiger partial charge on any atom is 0.0605 e. The molecule has 1 N–H and O–H groups in total. The number of pyridine rings is 1. The third-order valence-corrected chi connectivity index (χ3v) is 4.53. The van der Waals surface area contributed by atoms with Gasteiger partial charge in [0.2, 0.25) is 0 Å². The highest BCUT2D eigenvalue weighted by Crippen LogP contribution is 2.32. The second-order valence-corrected chi connectivity index (χ2v) is 5.64. The monoisotopic (exact) mass is 230 g/mol. The Bertz CT molecular complexity index is 382. The van der Waals surface area contributed by atoms with Gasteiger partial charge in [-0.3, -0.25) is 4.98 Å². The van der Waals surface area contributed by atoms with Gasteiger partial charge in [-0.05, 0) is 50.2 Å². The summed E-state index contributed by atoms with van der Waals surface area (Å²) in [5, 5.41) is 3.81. The molecule has 1 heterocycles. The zero-order valence-corrected chi connectivity index (χ0v) is 10.7. The molecule has 2 nitrogen and oxygen atoms in total. The maximum atomic E-state index is 4.56. The van der Waals surface area contributed by atoms with E-state index in [0.29, 0.717) is 12.1 Å². The molecule has 2 aliphatic rings. The summed E-state index contributed by atoms with van der Waals surface area (Å²) in [4.78, 5) is 4.56. The first kappa shape index (κ1) is 11.2. The van der Waals surface area contributed by atoms with E-state index in [4.69, 9.17) is 0 Å². The first-order valence-electron chi connectivity index (χ1n) is 7.04. The molecule has 1 saturated carbocycles. The second-order valence-electron chi connectivity index (χ2n) is 5.64. The Morgan fingerprint density at radius 2 is 2.12 bits per heavy atom. The van der Waals surface area contributed by atoms with Gasteiger partial charge in [0, 0.05) is 12.2 Å². The Morgan fingerprint density at radius 3 is 2.94 bits per heavy atom. The predicted octanol–water partition coefficient (Wildman–Crippen LogP) is 3.24. The average molecular weight is 230 g/mol. The molecule has 1 fully saturated rings. The van der Waals surface area contributed by atoms with E-state index in [-0.39, 0.29) is 0 Å². The van der Waals surface area contributed by atoms with Gasteiger partial charge in [0.15, 0.2) is 0 Å². The van der Waals surface area contributed by atoms with E-state index in [1.165, 1.54) is 49.8 Å². The van der Waals surface area contributed by atoms with Crippen LogP contribution in [0.25, 0.3) is 0 Å². The lowest BCUT2D eigenvalue weighted by Crippen LogP contribution is -2.34. The molecule has 2 atom stereocenters. The van der Waals surface area contributed by atoms with Gasteiger partial charge in [0.25, 0.3) is 0 Å². The topological polar surface area (TPSA) is 24.9 Å². The van der Waals surface area contributed by atoms with Crippen LogP contribution in [0.2, 0.25) is 0 Å². The molecule has 0 saturated heterocycles. The molecule has 0 bridgehead atoms. The zero-order valence-electron chi connectivity index (χ0n) is 10.7. The molecular weight excluding hydrogens is 208 g/mol. The summed E-state index contributed by atoms with van der Waals surface area (Å²) < 4.78 is 0. The molecule has 3 rings (SSSR count). The zero-order chi connectivity index (χ0) is 11.7. The fraction of sp³-hybridized carbons (Fsp3) is 0.667. The normalized spacial score (nSPS) is 26.1. The molecule has 2 heteroatoms. The van der Waals surface area contributed by atoms with Gasteiger partial charge in [0.1, 0.15) is 0 Å². The molecule has 0 aromatic carbocycles. The van der Waals surface area contributed by atoms with Crippen LogP contribution < -0.4 is 5.32 Å². The van der Waals surface area contributed by atoms with Crippen molar-refractivity contribution in [3.63, 3.8) is 0 Å². The Labute approximate surface area is 104 Å². The van der Waals surface area contributed by atoms with Crippen molar-refractivity contribution < 1.29 is 0 Å². The first-order chi connectivity index (χ1) is 8.34. The molecule has 2 aliphatic carbocycles. The highest BCUT2D eigenvalue weighted by molar-refractivity contribution is 5.28. The Kier molecular flexibility index (Phi) is 3.15. The largest absolute Gasteiger partial charge is 0.306 e. The van der Waals surface area contributed by atoms with Crippen molar-refractivity contribution in [2.45, 2.75) is 57.5 Å². The highest BCUT2D eigenvalue weighted by Gasteiger charge is 2.28. The van der Waals surface area contributed by atoms with Crippen LogP contribution in [0.3, 0.4) is 0 Å². The number of aromatic nitrogens is 1. The van der Waals surface area contributed by atoms with E-state index < -0.39 is 0 Å². The molecule has 0 radical (unpaired) electrons. The van der Waals surface area contributed by atoms with Crippen LogP contribution in [0.15, 0.2) is 18.3 Å². The van der Waals surface area contributed by atoms with Crippen LogP contribution in [0, 0.1) is 5.92 Å². The summed E-state index contributed by atoms with van der Waals surface area (Å²) in [5.74, 6) is 0.891. The summed E-state index contributed by atoms with van der Waals surface area (Å²) in [7, 11) is 0. The number of nitrogens with zero attached hydrogens (tertiary/aromatic N) is 1. The van der Waals surface area contributed by atoms with E-state index in [0.717, 1.165) is 5.92 Å². The van der Waals surface area contributed by atoms with E-state index in [1.807, 2.05) is 6.20 Å². The van der Waals surface area contributed by atoms with E-state index in [1.54, 1.807) is 0 Å². The first-order valence-corrected chi connectivity index (χ1v) is 7.04. The van der Waals surface area contributed by atoms with Gasteiger partial charge in [-0.1, -0.05) is 18.9 Å². The molecule has 0 aliphatic heterocycles. The van der Waals surface area contributed by atoms with Gasteiger partial charge in [0.05, 0.1) is 11.7 Å². The molecule has 1 aromatic rings. The van der Waals surface area contributed by atoms with E-state index in [9.17, 15) is 0 Å². The van der Waals surface area contributed by atoms with Crippen molar-refractivity contribution in [1.82, 2.24) is 10.3 Å². The smallest absolute Gasteiger partial charge is 0.0605 e. The Hall–Kier alpha value is -0.890. The third-order valence-electron chi connectivity index (χ3n) is 4.53. The number of rotatable bonds is 3. The van der Waals surface area contributed by atoms with Gasteiger partial charge >= 0.3 is 0 Å². The lowest BCUT2D eigenvalue weighted by molar-refractivity contribution is 0.340. The molecule has 17 heavy (non-hydrogen) atoms. The number of aryl methyl sites for hydroxylation is 1. The predicted molar refractivity (Wildman–Crippen MR) is 69.9 cm³/mol. The van der Waals surface area contributed by atoms with Crippen molar-refractivity contribution in [2.24, 2.45) is 5.92 Å². The van der Waals surface area contributed by atoms with E-state index in [2.05, 4.69) is 29.4 Å². The number of fused-ring (bicyclic) bond motifs is 1. The molecule has 1 unspecified atom stereocenters. The van der Waals surface area contributed by atoms with Crippen molar-refractivity contribution in [3.05, 3.63) is 29.6 Å². The second kappa shape index (κ2) is 4.77. The van der Waals surface area contributed by atoms with E-state index >= 15 is 0 Å². The fourth-order valence-electron chi connectivity index (χ4n) is 3.49. The van der Waals surface area contributed by atoms with Crippen molar-refractivity contribution in [2.75, 3.05) is 0 Å². The molecule has 0 spiro atoms. The van der Waals surface area contributed by atoms with Crippen LogP contribution >= 0.6 is 0 Å². The van der Waals surface area contributed by atoms with Crippen LogP contribution in [0.5, 0.6) is 0 Å². The summed E-state index contributed by atoms with van der Waals surface area (Å²) in [6, 6.07) is 5.43. The molecule has 92 valence electrons. The van der Waals surface area contributed by atoms with Crippen LogP contribution in [-0.4, -0.2) is 11.0 Å². The third kappa shape index (κ3) is 2.23. The number of hydrogen-bond acceptors (Lipinski definition) is 2. The standard InChI is InChI=1S/C15H22N2/c1-11(12-5-2-3-6-12)17-14-9-8-13-7-4-10-16-15(13)14/h4,7,10-12,14,17H,2-3,5-6,8-9H2,1H3/t11-,14?/m1/s1. The lowest BCUT2D eigenvalue weighted by atomic mass is 9.98. The van der Waals surface area contributed by atoms with Gasteiger partial charge in [-0.15, -0.1) is 0 Å². The van der Waals surface area contributed by atoms with Crippen LogP contribution in [0.4, 0.5) is 0 Å². The van der Waals surface area contributed by atoms with Gasteiger partial charge in [-0.2, -0.15) is 0 Å². The van der Waals surface area contributed by atoms with Crippen molar-refractivity contribution in [1.29, 1.82) is 0 Å². The SMILES string of the molecule is C[C@@H](NC1CCc2cccnc21)C1CCCC1. The number of hydrogen-bond donors (Lipinski definition) is 1. The van der Waals surface area contributed by atoms with Crippen molar-refractivity contribution in [3.8, 4) is 0 Å². The highest BCUT2D eigenvalue weighted by atomic mass is 15.0. The lowest BCUT2D eigenvalue weighted by Gasteiger charge is -2.24. The molecular formula is C15H22N2. The summed E-state index contributed by atoms with van der Waals surface area (Å²) >= 11 is 0. The van der Waals surface area contributed by atoms with Gasteiger partial charge in [-0.25, -0.2) is 0 Å². The quantitative estimate of drug-likeness (QED) is 0.862. The molecule has 0 amide bonds. The fourth-order valence-corrected chi connectivity index (χ4v) is 3.49. The average Bonchev–Trinajstić information content (AvgIpc) is 2.98. The van der Waals surface area contributed by atoms with Crippen LogP contribution in [-0.2, 0) is 6.42 Å². The minimum absolute atomic E-state index is 0.502. The minimum atomic E-state index is 0.502. The summed E-state index contributed by atoms with van der Waals surface area (Å²) in [6.07, 6.45) is 10.0. The van der Waals surface area contributed by atoms with Gasteiger partial charge < -0.3 is 5.32 Å². The summed E-state index contributed by atoms with van der Waals surface area (Å²) in [5.41, 5.74) is 2.75. The molecule has 1 aromatic heterocycles.